The zero-order chi connectivity index (χ0) is 23.0. The lowest BCUT2D eigenvalue weighted by molar-refractivity contribution is -0.137. The summed E-state index contributed by atoms with van der Waals surface area (Å²) < 4.78 is 40.6. The second-order valence-corrected chi connectivity index (χ2v) is 8.18. The first-order valence-electron chi connectivity index (χ1n) is 10.1. The number of alkyl halides is 3. The molecule has 9 heteroatoms. The lowest BCUT2D eigenvalue weighted by atomic mass is 9.98. The lowest BCUT2D eigenvalue weighted by Gasteiger charge is -2.42. The third-order valence-electron chi connectivity index (χ3n) is 5.75. The van der Waals surface area contributed by atoms with E-state index >= 15 is 0 Å². The quantitative estimate of drug-likeness (QED) is 0.554. The minimum Gasteiger partial charge on any atom is -0.375 e. The molecule has 1 aliphatic heterocycles. The summed E-state index contributed by atoms with van der Waals surface area (Å²) in [6.45, 7) is 7.46. The molecule has 2 atom stereocenters. The summed E-state index contributed by atoms with van der Waals surface area (Å²) in [6, 6.07) is 8.60. The van der Waals surface area contributed by atoms with Crippen LogP contribution in [0.1, 0.15) is 12.5 Å². The number of aliphatic hydroxyl groups is 1. The van der Waals surface area contributed by atoms with Crippen molar-refractivity contribution in [3.05, 3.63) is 66.0 Å². The SMILES string of the molecule is C=CC(O)N1CCN(c2ncnc3cc(-c4ccccc4C(F)(F)F)c(Cl)cc23)CC1C. The predicted octanol–water partition coefficient (Wildman–Crippen LogP) is 4.98. The predicted molar refractivity (Wildman–Crippen MR) is 120 cm³/mol. The van der Waals surface area contributed by atoms with Crippen LogP contribution < -0.4 is 4.90 Å². The molecule has 1 aliphatic rings. The summed E-state index contributed by atoms with van der Waals surface area (Å²) >= 11 is 6.49. The zero-order valence-corrected chi connectivity index (χ0v) is 18.1. The molecule has 0 radical (unpaired) electrons. The summed E-state index contributed by atoms with van der Waals surface area (Å²) in [5.74, 6) is 0.659. The van der Waals surface area contributed by atoms with E-state index in [0.29, 0.717) is 36.4 Å². The van der Waals surface area contributed by atoms with Crippen molar-refractivity contribution < 1.29 is 18.3 Å². The van der Waals surface area contributed by atoms with Crippen molar-refractivity contribution in [3.8, 4) is 11.1 Å². The summed E-state index contributed by atoms with van der Waals surface area (Å²) in [5, 5.41) is 11.0. The van der Waals surface area contributed by atoms with Gasteiger partial charge in [0.1, 0.15) is 18.4 Å². The molecule has 1 saturated heterocycles. The van der Waals surface area contributed by atoms with Crippen molar-refractivity contribution in [2.45, 2.75) is 25.4 Å². The minimum atomic E-state index is -4.50. The van der Waals surface area contributed by atoms with Crippen LogP contribution >= 0.6 is 11.6 Å². The van der Waals surface area contributed by atoms with Crippen LogP contribution in [0.3, 0.4) is 0 Å². The molecule has 0 aliphatic carbocycles. The molecule has 0 saturated carbocycles. The Balaban J connectivity index is 1.74. The maximum Gasteiger partial charge on any atom is 0.417 e. The minimum absolute atomic E-state index is 0.00714. The fourth-order valence-corrected chi connectivity index (χ4v) is 4.44. The molecule has 2 aromatic carbocycles. The number of piperazine rings is 1. The maximum atomic E-state index is 13.5. The zero-order valence-electron chi connectivity index (χ0n) is 17.3. The molecule has 1 aromatic heterocycles. The number of halogens is 4. The Morgan fingerprint density at radius 2 is 1.94 bits per heavy atom. The van der Waals surface area contributed by atoms with E-state index in [4.69, 9.17) is 11.6 Å². The highest BCUT2D eigenvalue weighted by Gasteiger charge is 2.34. The van der Waals surface area contributed by atoms with E-state index in [1.54, 1.807) is 18.2 Å². The maximum absolute atomic E-state index is 13.5. The van der Waals surface area contributed by atoms with Crippen molar-refractivity contribution in [1.29, 1.82) is 0 Å². The Kier molecular flexibility index (Phi) is 6.11. The van der Waals surface area contributed by atoms with Gasteiger partial charge in [0.15, 0.2) is 0 Å². The first-order chi connectivity index (χ1) is 15.2. The molecule has 0 bridgehead atoms. The Hall–Kier alpha value is -2.68. The van der Waals surface area contributed by atoms with Crippen LogP contribution in [-0.4, -0.2) is 51.9 Å². The number of aromatic nitrogens is 2. The van der Waals surface area contributed by atoms with Crippen molar-refractivity contribution in [2.24, 2.45) is 0 Å². The molecule has 32 heavy (non-hydrogen) atoms. The second kappa shape index (κ2) is 8.69. The van der Waals surface area contributed by atoms with Crippen LogP contribution in [0, 0.1) is 0 Å². The van der Waals surface area contributed by atoms with Gasteiger partial charge in [-0.3, -0.25) is 4.90 Å². The van der Waals surface area contributed by atoms with Gasteiger partial charge in [-0.1, -0.05) is 36.4 Å². The van der Waals surface area contributed by atoms with E-state index in [9.17, 15) is 18.3 Å². The van der Waals surface area contributed by atoms with Gasteiger partial charge in [0.05, 0.1) is 11.1 Å². The molecule has 4 rings (SSSR count). The number of anilines is 1. The number of hydrogen-bond donors (Lipinski definition) is 1. The van der Waals surface area contributed by atoms with Gasteiger partial charge in [-0.15, -0.1) is 0 Å². The Bertz CT molecular complexity index is 1150. The molecule has 2 unspecified atom stereocenters. The number of benzene rings is 2. The van der Waals surface area contributed by atoms with Gasteiger partial charge in [0.2, 0.25) is 0 Å². The van der Waals surface area contributed by atoms with Gasteiger partial charge >= 0.3 is 6.18 Å². The van der Waals surface area contributed by atoms with E-state index in [-0.39, 0.29) is 22.2 Å². The topological polar surface area (TPSA) is 52.5 Å². The largest absolute Gasteiger partial charge is 0.417 e. The normalized spacial score (nSPS) is 18.7. The Morgan fingerprint density at radius 3 is 2.62 bits per heavy atom. The van der Waals surface area contributed by atoms with Gasteiger partial charge in [0.25, 0.3) is 0 Å². The number of rotatable bonds is 4. The van der Waals surface area contributed by atoms with Gasteiger partial charge in [0, 0.05) is 41.6 Å². The monoisotopic (exact) mass is 462 g/mol. The average Bonchev–Trinajstić information content (AvgIpc) is 2.77. The van der Waals surface area contributed by atoms with Crippen molar-refractivity contribution in [3.63, 3.8) is 0 Å². The van der Waals surface area contributed by atoms with Gasteiger partial charge in [-0.2, -0.15) is 13.2 Å². The van der Waals surface area contributed by atoms with Crippen LogP contribution in [0.5, 0.6) is 0 Å². The number of nitrogens with zero attached hydrogens (tertiary/aromatic N) is 4. The summed E-state index contributed by atoms with van der Waals surface area (Å²) in [6.07, 6.45) is -2.33. The van der Waals surface area contributed by atoms with Crippen molar-refractivity contribution in [1.82, 2.24) is 14.9 Å². The van der Waals surface area contributed by atoms with Crippen molar-refractivity contribution in [2.75, 3.05) is 24.5 Å². The van der Waals surface area contributed by atoms with Crippen LogP contribution in [0.2, 0.25) is 5.02 Å². The third kappa shape index (κ3) is 4.18. The van der Waals surface area contributed by atoms with E-state index in [2.05, 4.69) is 21.4 Å². The first-order valence-corrected chi connectivity index (χ1v) is 10.5. The molecule has 0 amide bonds. The average molecular weight is 463 g/mol. The molecule has 5 nitrogen and oxygen atoms in total. The second-order valence-electron chi connectivity index (χ2n) is 7.77. The van der Waals surface area contributed by atoms with Crippen molar-refractivity contribution >= 4 is 28.3 Å². The van der Waals surface area contributed by atoms with Gasteiger partial charge < -0.3 is 10.0 Å². The smallest absolute Gasteiger partial charge is 0.375 e. The standard InChI is InChI=1S/C23H22ClF3N4O/c1-3-21(32)31-9-8-30(12-14(31)2)22-17-10-19(24)16(11-20(17)28-13-29-22)15-6-4-5-7-18(15)23(25,26)27/h3-7,10-11,13-14,21,32H,1,8-9,12H2,2H3. The van der Waals surface area contributed by atoms with E-state index in [0.717, 1.165) is 6.07 Å². The molecule has 0 spiro atoms. The third-order valence-corrected chi connectivity index (χ3v) is 6.07. The van der Waals surface area contributed by atoms with E-state index in [1.165, 1.54) is 24.5 Å². The fraction of sp³-hybridized carbons (Fsp3) is 0.304. The molecular weight excluding hydrogens is 441 g/mol. The highest BCUT2D eigenvalue weighted by Crippen LogP contribution is 2.41. The molecule has 1 fully saturated rings. The van der Waals surface area contributed by atoms with Crippen LogP contribution in [0.25, 0.3) is 22.0 Å². The molecule has 2 heterocycles. The van der Waals surface area contributed by atoms with Gasteiger partial charge in [-0.25, -0.2) is 9.97 Å². The summed E-state index contributed by atoms with van der Waals surface area (Å²) in [5.41, 5.74) is 0.0329. The number of aliphatic hydroxyl groups excluding tert-OH is 1. The first kappa shape index (κ1) is 22.5. The number of fused-ring (bicyclic) bond motifs is 1. The Morgan fingerprint density at radius 1 is 1.19 bits per heavy atom. The van der Waals surface area contributed by atoms with Crippen LogP contribution in [-0.2, 0) is 6.18 Å². The number of hydrogen-bond acceptors (Lipinski definition) is 5. The van der Waals surface area contributed by atoms with Gasteiger partial charge in [-0.05, 0) is 36.8 Å². The van der Waals surface area contributed by atoms with Crippen LogP contribution in [0.4, 0.5) is 19.0 Å². The molecular formula is C23H22ClF3N4O. The van der Waals surface area contributed by atoms with E-state index < -0.39 is 18.0 Å². The highest BCUT2D eigenvalue weighted by molar-refractivity contribution is 6.34. The fourth-order valence-electron chi connectivity index (χ4n) is 4.18. The summed E-state index contributed by atoms with van der Waals surface area (Å²) in [7, 11) is 0. The van der Waals surface area contributed by atoms with E-state index in [1.807, 2.05) is 11.8 Å². The summed E-state index contributed by atoms with van der Waals surface area (Å²) in [4.78, 5) is 12.7. The molecule has 1 N–H and O–H groups in total. The Labute approximate surface area is 188 Å². The highest BCUT2D eigenvalue weighted by atomic mass is 35.5. The lowest BCUT2D eigenvalue weighted by Crippen LogP contribution is -2.55. The van der Waals surface area contributed by atoms with Crippen LogP contribution in [0.15, 0.2) is 55.4 Å². The molecule has 3 aromatic rings. The molecule has 168 valence electrons.